The highest BCUT2D eigenvalue weighted by atomic mass is 32.1. The van der Waals surface area contributed by atoms with Crippen molar-refractivity contribution < 1.29 is 0 Å². The third-order valence-corrected chi connectivity index (χ3v) is 5.55. The first kappa shape index (κ1) is 16.6. The van der Waals surface area contributed by atoms with Gasteiger partial charge in [0.05, 0.1) is 10.7 Å². The Hall–Kier alpha value is -0.720. The van der Waals surface area contributed by atoms with Crippen LogP contribution >= 0.6 is 12.2 Å². The first-order chi connectivity index (χ1) is 10.2. The summed E-state index contributed by atoms with van der Waals surface area (Å²) in [6.07, 6.45) is 18.6. The van der Waals surface area contributed by atoms with E-state index in [2.05, 4.69) is 42.2 Å². The van der Waals surface area contributed by atoms with Crippen LogP contribution in [-0.4, -0.2) is 10.7 Å². The van der Waals surface area contributed by atoms with Crippen molar-refractivity contribution in [3.63, 3.8) is 0 Å². The van der Waals surface area contributed by atoms with E-state index in [9.17, 15) is 0 Å². The minimum absolute atomic E-state index is 0.0872. The smallest absolute Gasteiger partial charge is 0.0956 e. The summed E-state index contributed by atoms with van der Waals surface area (Å²) in [4.78, 5) is 4.63. The van der Waals surface area contributed by atoms with Gasteiger partial charge in [-0.1, -0.05) is 69.8 Å². The Balaban J connectivity index is 2.00. The maximum absolute atomic E-state index is 4.94. The molecule has 0 N–H and O–H groups in total. The fourth-order valence-corrected chi connectivity index (χ4v) is 4.12. The molecular formula is C19H29NS. The van der Waals surface area contributed by atoms with Gasteiger partial charge >= 0.3 is 0 Å². The fraction of sp³-hybridized carbons (Fsp3) is 0.737. The van der Waals surface area contributed by atoms with E-state index in [0.717, 1.165) is 18.8 Å². The standard InChI is InChI=1S/C19H29NS/c1-3-5-6-17-7-9-18(10-8-17)19(20-15-21)13-11-16(4-2)12-14-19/h11-13,17-18H,3-10,14H2,1-2H3. The maximum Gasteiger partial charge on any atom is 0.0956 e. The molecule has 0 aliphatic heterocycles. The normalized spacial score (nSPS) is 32.4. The van der Waals surface area contributed by atoms with Gasteiger partial charge in [-0.05, 0) is 49.7 Å². The number of hydrogen-bond acceptors (Lipinski definition) is 2. The minimum atomic E-state index is -0.0872. The highest BCUT2D eigenvalue weighted by Gasteiger charge is 2.38. The summed E-state index contributed by atoms with van der Waals surface area (Å²) in [5.74, 6) is 1.60. The predicted octanol–water partition coefficient (Wildman–Crippen LogP) is 6.12. The van der Waals surface area contributed by atoms with Crippen LogP contribution in [0.5, 0.6) is 0 Å². The molecular weight excluding hydrogens is 274 g/mol. The molecule has 1 unspecified atom stereocenters. The summed E-state index contributed by atoms with van der Waals surface area (Å²) >= 11 is 4.94. The Morgan fingerprint density at radius 1 is 1.29 bits per heavy atom. The maximum atomic E-state index is 4.94. The number of thiocarbonyl (C=S) groups is 1. The van der Waals surface area contributed by atoms with Crippen molar-refractivity contribution in [3.8, 4) is 0 Å². The zero-order chi connectivity index (χ0) is 15.1. The molecule has 1 nitrogen and oxygen atoms in total. The molecule has 0 bridgehead atoms. The molecule has 1 fully saturated rings. The van der Waals surface area contributed by atoms with Gasteiger partial charge in [-0.2, -0.15) is 0 Å². The molecule has 0 heterocycles. The molecule has 2 rings (SSSR count). The van der Waals surface area contributed by atoms with Crippen LogP contribution in [0.15, 0.2) is 28.8 Å². The van der Waals surface area contributed by atoms with Crippen molar-refractivity contribution >= 4 is 17.4 Å². The van der Waals surface area contributed by atoms with Crippen LogP contribution in [0, 0.1) is 11.8 Å². The van der Waals surface area contributed by atoms with Gasteiger partial charge in [0, 0.05) is 0 Å². The molecule has 0 aromatic carbocycles. The summed E-state index contributed by atoms with van der Waals surface area (Å²) in [6, 6.07) is 0. The molecule has 2 heteroatoms. The van der Waals surface area contributed by atoms with Gasteiger partial charge in [-0.25, -0.2) is 4.99 Å². The lowest BCUT2D eigenvalue weighted by atomic mass is 9.68. The van der Waals surface area contributed by atoms with Crippen LogP contribution in [0.4, 0.5) is 0 Å². The van der Waals surface area contributed by atoms with Crippen molar-refractivity contribution in [2.45, 2.75) is 77.2 Å². The molecule has 2 aliphatic carbocycles. The lowest BCUT2D eigenvalue weighted by Gasteiger charge is -2.40. The Morgan fingerprint density at radius 3 is 2.57 bits per heavy atom. The van der Waals surface area contributed by atoms with Gasteiger partial charge in [0.15, 0.2) is 0 Å². The highest BCUT2D eigenvalue weighted by Crippen LogP contribution is 2.43. The summed E-state index contributed by atoms with van der Waals surface area (Å²) in [5, 5.41) is 2.68. The second kappa shape index (κ2) is 8.06. The van der Waals surface area contributed by atoms with E-state index in [0.29, 0.717) is 5.92 Å². The topological polar surface area (TPSA) is 12.4 Å². The van der Waals surface area contributed by atoms with Gasteiger partial charge < -0.3 is 0 Å². The lowest BCUT2D eigenvalue weighted by molar-refractivity contribution is 0.198. The van der Waals surface area contributed by atoms with E-state index in [4.69, 9.17) is 12.2 Å². The molecule has 0 radical (unpaired) electrons. The monoisotopic (exact) mass is 303 g/mol. The van der Waals surface area contributed by atoms with Crippen molar-refractivity contribution in [2.75, 3.05) is 0 Å². The number of aliphatic imine (C=N–C) groups is 1. The van der Waals surface area contributed by atoms with E-state index in [1.165, 1.54) is 50.5 Å². The van der Waals surface area contributed by atoms with Gasteiger partial charge in [-0.15, -0.1) is 0 Å². The quantitative estimate of drug-likeness (QED) is 0.425. The zero-order valence-corrected chi connectivity index (χ0v) is 14.4. The average molecular weight is 304 g/mol. The molecule has 0 aromatic heterocycles. The van der Waals surface area contributed by atoms with Crippen LogP contribution in [0.3, 0.4) is 0 Å². The molecule has 0 saturated heterocycles. The van der Waals surface area contributed by atoms with Crippen LogP contribution in [-0.2, 0) is 0 Å². The van der Waals surface area contributed by atoms with Gasteiger partial charge in [0.2, 0.25) is 0 Å². The highest BCUT2D eigenvalue weighted by molar-refractivity contribution is 7.78. The molecule has 1 atom stereocenters. The van der Waals surface area contributed by atoms with E-state index in [-0.39, 0.29) is 5.54 Å². The number of unbranched alkanes of at least 4 members (excludes halogenated alkanes) is 1. The van der Waals surface area contributed by atoms with Gasteiger partial charge in [0.1, 0.15) is 0 Å². The average Bonchev–Trinajstić information content (AvgIpc) is 2.54. The van der Waals surface area contributed by atoms with Gasteiger partial charge in [0.25, 0.3) is 0 Å². The molecule has 1 saturated carbocycles. The number of hydrogen-bond donors (Lipinski definition) is 0. The molecule has 0 amide bonds. The predicted molar refractivity (Wildman–Crippen MR) is 94.9 cm³/mol. The van der Waals surface area contributed by atoms with Crippen LogP contribution in [0.1, 0.15) is 71.6 Å². The Kier molecular flexibility index (Phi) is 6.39. The van der Waals surface area contributed by atoms with Crippen molar-refractivity contribution in [3.05, 3.63) is 23.8 Å². The van der Waals surface area contributed by atoms with Crippen molar-refractivity contribution in [1.29, 1.82) is 0 Å². The molecule has 0 aromatic rings. The van der Waals surface area contributed by atoms with E-state index < -0.39 is 0 Å². The third-order valence-electron chi connectivity index (χ3n) is 5.46. The molecule has 0 spiro atoms. The minimum Gasteiger partial charge on any atom is -0.221 e. The second-order valence-corrected chi connectivity index (χ2v) is 6.91. The second-order valence-electron chi connectivity index (χ2n) is 6.72. The Labute approximate surface area is 135 Å². The van der Waals surface area contributed by atoms with Crippen molar-refractivity contribution in [2.24, 2.45) is 16.8 Å². The van der Waals surface area contributed by atoms with Crippen LogP contribution < -0.4 is 0 Å². The number of isothiocyanates is 1. The number of nitrogens with zero attached hydrogens (tertiary/aromatic N) is 1. The Bertz CT molecular complexity index is 436. The number of rotatable bonds is 6. The summed E-state index contributed by atoms with van der Waals surface area (Å²) < 4.78 is 0. The van der Waals surface area contributed by atoms with Gasteiger partial charge in [-0.3, -0.25) is 0 Å². The fourth-order valence-electron chi connectivity index (χ4n) is 3.95. The van der Waals surface area contributed by atoms with Crippen LogP contribution in [0.2, 0.25) is 0 Å². The summed E-state index contributed by atoms with van der Waals surface area (Å²) in [7, 11) is 0. The van der Waals surface area contributed by atoms with Crippen LogP contribution in [0.25, 0.3) is 0 Å². The largest absolute Gasteiger partial charge is 0.221 e. The summed E-state index contributed by atoms with van der Waals surface area (Å²) in [6.45, 7) is 4.50. The van der Waals surface area contributed by atoms with E-state index in [1.807, 2.05) is 0 Å². The molecule has 2 aliphatic rings. The first-order valence-electron chi connectivity index (χ1n) is 8.71. The van der Waals surface area contributed by atoms with Crippen molar-refractivity contribution in [1.82, 2.24) is 0 Å². The number of allylic oxidation sites excluding steroid dienone is 2. The summed E-state index contributed by atoms with van der Waals surface area (Å²) in [5.41, 5.74) is 1.35. The lowest BCUT2D eigenvalue weighted by Crippen LogP contribution is -2.37. The Morgan fingerprint density at radius 2 is 2.05 bits per heavy atom. The first-order valence-corrected chi connectivity index (χ1v) is 9.12. The molecule has 21 heavy (non-hydrogen) atoms. The van der Waals surface area contributed by atoms with E-state index >= 15 is 0 Å². The van der Waals surface area contributed by atoms with E-state index in [1.54, 1.807) is 0 Å². The third kappa shape index (κ3) is 4.14. The molecule has 116 valence electrons. The zero-order valence-electron chi connectivity index (χ0n) is 13.6. The SMILES string of the molecule is CCCCC1CCC(C2(N=C=S)C=CC(CC)=CC2)CC1.